The van der Waals surface area contributed by atoms with Crippen LogP contribution in [0.4, 0.5) is 0 Å². The van der Waals surface area contributed by atoms with Gasteiger partial charge in [0, 0.05) is 18.7 Å². The molecule has 6 heteroatoms. The molecular weight excluding hydrogens is 334 g/mol. The van der Waals surface area contributed by atoms with Gasteiger partial charge >= 0.3 is 0 Å². The third-order valence-electron chi connectivity index (χ3n) is 4.45. The summed E-state index contributed by atoms with van der Waals surface area (Å²) in [4.78, 5) is 17.3. The molecule has 0 radical (unpaired) electrons. The molecule has 5 nitrogen and oxygen atoms in total. The Morgan fingerprint density at radius 2 is 2.12 bits per heavy atom. The standard InChI is InChI=1S/C19H27N3O2S/c1-4-5-8-20-19(25)22(9-10-23)12-16-11-15-7-6-13(2)14(3)17(15)21-18(16)24/h6-7,11,23H,4-5,8-10,12H2,1-3H3,(H,20,25)(H,21,24). The topological polar surface area (TPSA) is 68.4 Å². The first kappa shape index (κ1) is 19.4. The van der Waals surface area contributed by atoms with Crippen LogP contribution in [0.5, 0.6) is 0 Å². The fraction of sp³-hybridized carbons (Fsp3) is 0.474. The molecule has 1 heterocycles. The van der Waals surface area contributed by atoms with E-state index in [0.29, 0.717) is 23.8 Å². The Labute approximate surface area is 154 Å². The molecule has 1 aromatic heterocycles. The number of aromatic nitrogens is 1. The van der Waals surface area contributed by atoms with Crippen molar-refractivity contribution in [3.63, 3.8) is 0 Å². The minimum absolute atomic E-state index is 0.0145. The van der Waals surface area contributed by atoms with Crippen LogP contribution in [0.3, 0.4) is 0 Å². The molecule has 2 rings (SSSR count). The maximum absolute atomic E-state index is 12.5. The highest BCUT2D eigenvalue weighted by Gasteiger charge is 2.13. The number of nitrogens with zero attached hydrogens (tertiary/aromatic N) is 1. The second kappa shape index (κ2) is 8.97. The summed E-state index contributed by atoms with van der Waals surface area (Å²) in [5.74, 6) is 0. The zero-order chi connectivity index (χ0) is 18.4. The van der Waals surface area contributed by atoms with Gasteiger partial charge in [0.05, 0.1) is 18.7 Å². The van der Waals surface area contributed by atoms with Gasteiger partial charge in [0.25, 0.3) is 5.56 Å². The average Bonchev–Trinajstić information content (AvgIpc) is 2.59. The van der Waals surface area contributed by atoms with Crippen molar-refractivity contribution < 1.29 is 5.11 Å². The summed E-state index contributed by atoms with van der Waals surface area (Å²) < 4.78 is 0. The molecule has 2 aromatic rings. The van der Waals surface area contributed by atoms with E-state index in [1.165, 1.54) is 0 Å². The van der Waals surface area contributed by atoms with Crippen molar-refractivity contribution in [3.05, 3.63) is 45.2 Å². The summed E-state index contributed by atoms with van der Waals surface area (Å²) in [5.41, 5.74) is 3.65. The van der Waals surface area contributed by atoms with Gasteiger partial charge in [-0.05, 0) is 55.1 Å². The summed E-state index contributed by atoms with van der Waals surface area (Å²) in [6.45, 7) is 7.71. The first-order valence-corrected chi connectivity index (χ1v) is 9.14. The van der Waals surface area contributed by atoms with Crippen molar-refractivity contribution in [2.24, 2.45) is 0 Å². The molecule has 25 heavy (non-hydrogen) atoms. The van der Waals surface area contributed by atoms with Gasteiger partial charge in [-0.25, -0.2) is 0 Å². The monoisotopic (exact) mass is 361 g/mol. The Morgan fingerprint density at radius 3 is 2.80 bits per heavy atom. The van der Waals surface area contributed by atoms with Gasteiger partial charge in [-0.1, -0.05) is 25.5 Å². The minimum atomic E-state index is -0.111. The third kappa shape index (κ3) is 4.80. The van der Waals surface area contributed by atoms with Crippen molar-refractivity contribution in [1.82, 2.24) is 15.2 Å². The SMILES string of the molecule is CCCCNC(=S)N(CCO)Cc1cc2ccc(C)c(C)c2[nH]c1=O. The van der Waals surface area contributed by atoms with Gasteiger partial charge in [-0.15, -0.1) is 0 Å². The van der Waals surface area contributed by atoms with Gasteiger partial charge < -0.3 is 20.3 Å². The predicted molar refractivity (Wildman–Crippen MR) is 107 cm³/mol. The van der Waals surface area contributed by atoms with Crippen LogP contribution in [-0.4, -0.2) is 39.8 Å². The molecule has 0 aliphatic heterocycles. The number of aromatic amines is 1. The lowest BCUT2D eigenvalue weighted by Gasteiger charge is -2.25. The lowest BCUT2D eigenvalue weighted by molar-refractivity contribution is 0.245. The molecule has 0 fully saturated rings. The summed E-state index contributed by atoms with van der Waals surface area (Å²) in [5, 5.41) is 14.1. The number of aryl methyl sites for hydroxylation is 2. The highest BCUT2D eigenvalue weighted by Crippen LogP contribution is 2.19. The Kier molecular flexibility index (Phi) is 6.96. The lowest BCUT2D eigenvalue weighted by atomic mass is 10.0. The molecule has 0 unspecified atom stereocenters. The van der Waals surface area contributed by atoms with Gasteiger partial charge in [-0.2, -0.15) is 0 Å². The third-order valence-corrected chi connectivity index (χ3v) is 4.86. The molecule has 0 saturated heterocycles. The average molecular weight is 362 g/mol. The number of fused-ring (bicyclic) bond motifs is 1. The number of pyridine rings is 1. The van der Waals surface area contributed by atoms with E-state index in [2.05, 4.69) is 23.3 Å². The van der Waals surface area contributed by atoms with E-state index >= 15 is 0 Å². The quantitative estimate of drug-likeness (QED) is 0.522. The number of benzene rings is 1. The van der Waals surface area contributed by atoms with Crippen molar-refractivity contribution in [2.75, 3.05) is 19.7 Å². The number of thiocarbonyl (C=S) groups is 1. The number of rotatable bonds is 7. The fourth-order valence-electron chi connectivity index (χ4n) is 2.75. The highest BCUT2D eigenvalue weighted by molar-refractivity contribution is 7.80. The summed E-state index contributed by atoms with van der Waals surface area (Å²) in [6, 6.07) is 5.99. The smallest absolute Gasteiger partial charge is 0.253 e. The van der Waals surface area contributed by atoms with Crippen molar-refractivity contribution in [1.29, 1.82) is 0 Å². The van der Waals surface area contributed by atoms with Crippen LogP contribution >= 0.6 is 12.2 Å². The molecule has 3 N–H and O–H groups in total. The van der Waals surface area contributed by atoms with E-state index in [1.54, 1.807) is 0 Å². The number of aliphatic hydroxyl groups is 1. The second-order valence-electron chi connectivity index (χ2n) is 6.33. The maximum atomic E-state index is 12.5. The molecule has 0 atom stereocenters. The number of H-pyrrole nitrogens is 1. The van der Waals surface area contributed by atoms with Gasteiger partial charge in [0.2, 0.25) is 0 Å². The largest absolute Gasteiger partial charge is 0.395 e. The molecule has 0 spiro atoms. The van der Waals surface area contributed by atoms with Crippen LogP contribution in [0.1, 0.15) is 36.5 Å². The normalized spacial score (nSPS) is 10.9. The second-order valence-corrected chi connectivity index (χ2v) is 6.71. The van der Waals surface area contributed by atoms with Crippen LogP contribution in [0.2, 0.25) is 0 Å². The zero-order valence-corrected chi connectivity index (χ0v) is 16.0. The van der Waals surface area contributed by atoms with E-state index < -0.39 is 0 Å². The zero-order valence-electron chi connectivity index (χ0n) is 15.2. The molecule has 0 bridgehead atoms. The number of aliphatic hydroxyl groups excluding tert-OH is 1. The lowest BCUT2D eigenvalue weighted by Crippen LogP contribution is -2.42. The Hall–Kier alpha value is -1.92. The number of unbranched alkanes of at least 4 members (excludes halogenated alkanes) is 1. The maximum Gasteiger partial charge on any atom is 0.253 e. The summed E-state index contributed by atoms with van der Waals surface area (Å²) in [6.07, 6.45) is 2.11. The van der Waals surface area contributed by atoms with Crippen molar-refractivity contribution in [3.8, 4) is 0 Å². The Bertz CT molecular complexity index is 801. The van der Waals surface area contributed by atoms with E-state index in [1.807, 2.05) is 30.9 Å². The molecule has 0 aliphatic rings. The number of nitrogens with one attached hydrogen (secondary N) is 2. The predicted octanol–water partition coefficient (Wildman–Crippen LogP) is 2.61. The molecule has 0 saturated carbocycles. The molecular formula is C19H27N3O2S. The van der Waals surface area contributed by atoms with Gasteiger partial charge in [-0.3, -0.25) is 4.79 Å². The van der Waals surface area contributed by atoms with E-state index in [4.69, 9.17) is 12.2 Å². The Morgan fingerprint density at radius 1 is 1.36 bits per heavy atom. The van der Waals surface area contributed by atoms with E-state index in [-0.39, 0.29) is 12.2 Å². The highest BCUT2D eigenvalue weighted by atomic mass is 32.1. The van der Waals surface area contributed by atoms with Crippen LogP contribution in [0.25, 0.3) is 10.9 Å². The van der Waals surface area contributed by atoms with E-state index in [0.717, 1.165) is 41.4 Å². The van der Waals surface area contributed by atoms with Crippen LogP contribution in [-0.2, 0) is 6.54 Å². The minimum Gasteiger partial charge on any atom is -0.395 e. The number of hydrogen-bond donors (Lipinski definition) is 3. The van der Waals surface area contributed by atoms with Crippen LogP contribution in [0, 0.1) is 13.8 Å². The summed E-state index contributed by atoms with van der Waals surface area (Å²) in [7, 11) is 0. The number of hydrogen-bond acceptors (Lipinski definition) is 3. The van der Waals surface area contributed by atoms with Crippen molar-refractivity contribution >= 4 is 28.2 Å². The molecule has 136 valence electrons. The first-order chi connectivity index (χ1) is 12.0. The van der Waals surface area contributed by atoms with E-state index in [9.17, 15) is 9.90 Å². The van der Waals surface area contributed by atoms with Gasteiger partial charge in [0.15, 0.2) is 5.11 Å². The van der Waals surface area contributed by atoms with Crippen LogP contribution in [0.15, 0.2) is 23.0 Å². The van der Waals surface area contributed by atoms with Gasteiger partial charge in [0.1, 0.15) is 0 Å². The van der Waals surface area contributed by atoms with Crippen molar-refractivity contribution in [2.45, 2.75) is 40.2 Å². The summed E-state index contributed by atoms with van der Waals surface area (Å²) >= 11 is 5.42. The molecule has 1 aromatic carbocycles. The Balaban J connectivity index is 2.26. The fourth-order valence-corrected chi connectivity index (χ4v) is 3.01. The molecule has 0 amide bonds. The first-order valence-electron chi connectivity index (χ1n) is 8.73. The van der Waals surface area contributed by atoms with Crippen LogP contribution < -0.4 is 10.9 Å². The molecule has 0 aliphatic carbocycles.